The summed E-state index contributed by atoms with van der Waals surface area (Å²) in [6.07, 6.45) is 0.595. The molecule has 29 heavy (non-hydrogen) atoms. The molecule has 0 bridgehead atoms. The van der Waals surface area contributed by atoms with Crippen LogP contribution in [0.2, 0.25) is 0 Å². The fraction of sp³-hybridized carbons (Fsp3) is 0.450. The first-order valence-corrected chi connectivity index (χ1v) is 9.66. The number of nitrogens with zero attached hydrogens (tertiary/aromatic N) is 3. The Labute approximate surface area is 167 Å². The van der Waals surface area contributed by atoms with Crippen molar-refractivity contribution in [3.63, 3.8) is 0 Å². The first-order valence-electron chi connectivity index (χ1n) is 9.66. The van der Waals surface area contributed by atoms with Gasteiger partial charge in [-0.2, -0.15) is 5.26 Å². The van der Waals surface area contributed by atoms with Crippen molar-refractivity contribution in [1.29, 1.82) is 5.26 Å². The van der Waals surface area contributed by atoms with Crippen LogP contribution in [0, 0.1) is 11.3 Å². The zero-order chi connectivity index (χ0) is 20.5. The third-order valence-electron chi connectivity index (χ3n) is 5.73. The largest absolute Gasteiger partial charge is 0.314 e. The highest BCUT2D eigenvalue weighted by Crippen LogP contribution is 2.31. The average molecular weight is 395 g/mol. The third kappa shape index (κ3) is 3.41. The second kappa shape index (κ2) is 7.73. The van der Waals surface area contributed by atoms with Gasteiger partial charge < -0.3 is 5.32 Å². The number of piperidine rings is 1. The van der Waals surface area contributed by atoms with E-state index in [-0.39, 0.29) is 24.4 Å². The molecule has 0 aliphatic carbocycles. The van der Waals surface area contributed by atoms with Gasteiger partial charge in [-0.1, -0.05) is 12.1 Å². The number of imide groups is 2. The Bertz CT molecular complexity index is 937. The van der Waals surface area contributed by atoms with Crippen LogP contribution in [0.4, 0.5) is 0 Å². The Morgan fingerprint density at radius 1 is 1.17 bits per heavy atom. The van der Waals surface area contributed by atoms with Crippen LogP contribution >= 0.6 is 0 Å². The van der Waals surface area contributed by atoms with Crippen LogP contribution in [0.15, 0.2) is 18.2 Å². The second-order valence-electron chi connectivity index (χ2n) is 7.48. The number of nitriles is 1. The summed E-state index contributed by atoms with van der Waals surface area (Å²) in [5, 5.41) is 14.6. The molecule has 3 aliphatic rings. The van der Waals surface area contributed by atoms with Crippen molar-refractivity contribution in [1.82, 2.24) is 20.4 Å². The van der Waals surface area contributed by atoms with E-state index in [1.54, 1.807) is 12.1 Å². The topological polar surface area (TPSA) is 123 Å². The number of nitrogens with one attached hydrogen (secondary N) is 2. The van der Waals surface area contributed by atoms with Gasteiger partial charge in [0.15, 0.2) is 0 Å². The molecule has 0 saturated carbocycles. The molecule has 1 aromatic rings. The minimum atomic E-state index is -0.974. The summed E-state index contributed by atoms with van der Waals surface area (Å²) in [5.74, 6) is -2.02. The number of piperazine rings is 1. The molecule has 0 aromatic heterocycles. The molecule has 0 radical (unpaired) electrons. The number of carbonyl (C=O) groups is 4. The highest BCUT2D eigenvalue weighted by molar-refractivity contribution is 6.24. The molecule has 4 amide bonds. The lowest BCUT2D eigenvalue weighted by atomic mass is 10.0. The van der Waals surface area contributed by atoms with Crippen molar-refractivity contribution in [2.45, 2.75) is 37.9 Å². The standard InChI is InChI=1S/C20H21N5O4/c21-7-6-13-10-22-8-9-24(13)11-12-2-1-3-14-17(12)20(29)25(19(14)28)15-4-5-16(26)23-18(15)27/h1-3,13,15,22H,4-6,8-11H2,(H,23,26,27). The second-order valence-corrected chi connectivity index (χ2v) is 7.48. The van der Waals surface area contributed by atoms with E-state index in [0.717, 1.165) is 18.0 Å². The number of amides is 4. The zero-order valence-electron chi connectivity index (χ0n) is 15.8. The monoisotopic (exact) mass is 395 g/mol. The Hall–Kier alpha value is -3.09. The molecule has 4 rings (SSSR count). The first-order chi connectivity index (χ1) is 14.0. The van der Waals surface area contributed by atoms with Crippen molar-refractivity contribution in [2.75, 3.05) is 19.6 Å². The summed E-state index contributed by atoms with van der Waals surface area (Å²) in [4.78, 5) is 52.9. The number of fused-ring (bicyclic) bond motifs is 1. The molecule has 0 spiro atoms. The van der Waals surface area contributed by atoms with Crippen LogP contribution in [0.1, 0.15) is 45.5 Å². The lowest BCUT2D eigenvalue weighted by Crippen LogP contribution is -2.54. The van der Waals surface area contributed by atoms with E-state index in [4.69, 9.17) is 5.26 Å². The van der Waals surface area contributed by atoms with Gasteiger partial charge in [-0.3, -0.25) is 34.3 Å². The van der Waals surface area contributed by atoms with E-state index in [1.807, 2.05) is 6.07 Å². The molecule has 2 atom stereocenters. The van der Waals surface area contributed by atoms with Crippen molar-refractivity contribution in [3.8, 4) is 6.07 Å². The predicted octanol–water partition coefficient (Wildman–Crippen LogP) is -0.225. The SMILES string of the molecule is N#CCC1CNCCN1Cc1cccc2c1C(=O)N(C1CCC(=O)NC1=O)C2=O. The van der Waals surface area contributed by atoms with Gasteiger partial charge >= 0.3 is 0 Å². The summed E-state index contributed by atoms with van der Waals surface area (Å²) in [6.45, 7) is 2.65. The highest BCUT2D eigenvalue weighted by atomic mass is 16.2. The zero-order valence-corrected chi connectivity index (χ0v) is 15.8. The van der Waals surface area contributed by atoms with E-state index < -0.39 is 29.7 Å². The quantitative estimate of drug-likeness (QED) is 0.676. The van der Waals surface area contributed by atoms with Crippen LogP contribution in [0.3, 0.4) is 0 Å². The van der Waals surface area contributed by atoms with Gasteiger partial charge in [0.1, 0.15) is 6.04 Å². The van der Waals surface area contributed by atoms with Gasteiger partial charge in [-0.25, -0.2) is 0 Å². The van der Waals surface area contributed by atoms with Crippen LogP contribution in [-0.4, -0.2) is 65.1 Å². The van der Waals surface area contributed by atoms with Gasteiger partial charge in [0.25, 0.3) is 11.8 Å². The fourth-order valence-corrected chi connectivity index (χ4v) is 4.25. The normalized spacial score (nSPS) is 25.0. The molecule has 2 N–H and O–H groups in total. The molecule has 9 nitrogen and oxygen atoms in total. The maximum Gasteiger partial charge on any atom is 0.262 e. The van der Waals surface area contributed by atoms with Crippen LogP contribution in [-0.2, 0) is 16.1 Å². The molecular formula is C20H21N5O4. The maximum atomic E-state index is 13.2. The van der Waals surface area contributed by atoms with Crippen molar-refractivity contribution >= 4 is 23.6 Å². The van der Waals surface area contributed by atoms with Gasteiger partial charge in [0.2, 0.25) is 11.8 Å². The minimum Gasteiger partial charge on any atom is -0.314 e. The molecule has 3 heterocycles. The third-order valence-corrected chi connectivity index (χ3v) is 5.73. The molecular weight excluding hydrogens is 374 g/mol. The van der Waals surface area contributed by atoms with Crippen molar-refractivity contribution in [3.05, 3.63) is 34.9 Å². The van der Waals surface area contributed by atoms with Gasteiger partial charge in [-0.15, -0.1) is 0 Å². The number of benzene rings is 1. The Morgan fingerprint density at radius 3 is 2.76 bits per heavy atom. The summed E-state index contributed by atoms with van der Waals surface area (Å²) >= 11 is 0. The van der Waals surface area contributed by atoms with E-state index >= 15 is 0 Å². The van der Waals surface area contributed by atoms with Gasteiger partial charge in [-0.05, 0) is 18.1 Å². The summed E-state index contributed by atoms with van der Waals surface area (Å²) in [6, 6.07) is 6.39. The molecule has 150 valence electrons. The number of carbonyl (C=O) groups excluding carboxylic acids is 4. The average Bonchev–Trinajstić information content (AvgIpc) is 2.95. The first kappa shape index (κ1) is 19.2. The van der Waals surface area contributed by atoms with E-state index in [2.05, 4.69) is 21.6 Å². The molecule has 1 aromatic carbocycles. The molecule has 9 heteroatoms. The Balaban J connectivity index is 1.62. The Morgan fingerprint density at radius 2 is 2.00 bits per heavy atom. The smallest absolute Gasteiger partial charge is 0.262 e. The van der Waals surface area contributed by atoms with Crippen LogP contribution in [0.25, 0.3) is 0 Å². The molecule has 2 fully saturated rings. The summed E-state index contributed by atoms with van der Waals surface area (Å²) in [5.41, 5.74) is 1.31. The van der Waals surface area contributed by atoms with Crippen molar-refractivity contribution < 1.29 is 19.2 Å². The number of hydrogen-bond acceptors (Lipinski definition) is 7. The fourth-order valence-electron chi connectivity index (χ4n) is 4.25. The lowest BCUT2D eigenvalue weighted by molar-refractivity contribution is -0.136. The molecule has 2 unspecified atom stereocenters. The van der Waals surface area contributed by atoms with Gasteiger partial charge in [0.05, 0.1) is 23.6 Å². The van der Waals surface area contributed by atoms with Gasteiger partial charge in [0, 0.05) is 38.6 Å². The number of hydrogen-bond donors (Lipinski definition) is 2. The number of rotatable bonds is 4. The van der Waals surface area contributed by atoms with E-state index in [9.17, 15) is 19.2 Å². The Kier molecular flexibility index (Phi) is 5.13. The maximum absolute atomic E-state index is 13.2. The lowest BCUT2D eigenvalue weighted by Gasteiger charge is -2.35. The van der Waals surface area contributed by atoms with E-state index in [1.165, 1.54) is 0 Å². The van der Waals surface area contributed by atoms with Crippen LogP contribution < -0.4 is 10.6 Å². The van der Waals surface area contributed by atoms with Crippen LogP contribution in [0.5, 0.6) is 0 Å². The highest BCUT2D eigenvalue weighted by Gasteiger charge is 2.45. The minimum absolute atomic E-state index is 0.0306. The summed E-state index contributed by atoms with van der Waals surface area (Å²) < 4.78 is 0. The summed E-state index contributed by atoms with van der Waals surface area (Å²) in [7, 11) is 0. The molecule has 3 aliphatic heterocycles. The van der Waals surface area contributed by atoms with E-state index in [0.29, 0.717) is 30.6 Å². The van der Waals surface area contributed by atoms with Crippen molar-refractivity contribution in [2.24, 2.45) is 0 Å². The predicted molar refractivity (Wildman–Crippen MR) is 100 cm³/mol. The molecule has 2 saturated heterocycles.